The predicted octanol–water partition coefficient (Wildman–Crippen LogP) is 4.26. The predicted molar refractivity (Wildman–Crippen MR) is 109 cm³/mol. The molecule has 1 N–H and O–H groups in total. The van der Waals surface area contributed by atoms with Gasteiger partial charge in [-0.1, -0.05) is 12.1 Å². The number of carbonyl (C=O) groups is 1. The molecule has 162 valence electrons. The number of alkyl halides is 2. The second kappa shape index (κ2) is 9.84. The highest BCUT2D eigenvalue weighted by Gasteiger charge is 2.11. The molecule has 1 heterocycles. The fourth-order valence-corrected chi connectivity index (χ4v) is 2.89. The summed E-state index contributed by atoms with van der Waals surface area (Å²) in [5, 5.41) is 2.66. The molecular weight excluding hydrogens is 411 g/mol. The van der Waals surface area contributed by atoms with Crippen molar-refractivity contribution >= 4 is 12.0 Å². The van der Waals surface area contributed by atoms with Gasteiger partial charge in [0.15, 0.2) is 11.5 Å². The molecule has 0 aliphatic carbocycles. The maximum absolute atomic E-state index is 14.4. The lowest BCUT2D eigenvalue weighted by Gasteiger charge is -2.10. The number of aryl methyl sites for hydroxylation is 1. The lowest BCUT2D eigenvalue weighted by molar-refractivity contribution is -0.116. The fourth-order valence-electron chi connectivity index (χ4n) is 2.89. The highest BCUT2D eigenvalue weighted by atomic mass is 19.3. The number of nitrogens with one attached hydrogen (secondary N) is 1. The van der Waals surface area contributed by atoms with Gasteiger partial charge in [-0.25, -0.2) is 9.37 Å². The average Bonchev–Trinajstić information content (AvgIpc) is 3.16. The molecule has 3 rings (SSSR count). The number of nitrogens with zero attached hydrogens (tertiary/aromatic N) is 2. The molecule has 0 aliphatic heterocycles. The van der Waals surface area contributed by atoms with Crippen molar-refractivity contribution in [1.82, 2.24) is 14.9 Å². The van der Waals surface area contributed by atoms with Crippen LogP contribution in [0.15, 0.2) is 54.9 Å². The quantitative estimate of drug-likeness (QED) is 0.542. The number of hydrogen-bond donors (Lipinski definition) is 1. The van der Waals surface area contributed by atoms with Crippen molar-refractivity contribution in [3.63, 3.8) is 0 Å². The molecule has 0 spiro atoms. The lowest BCUT2D eigenvalue weighted by Crippen LogP contribution is -2.20. The molecular formula is C22H20F3N3O3. The molecule has 0 radical (unpaired) electrons. The van der Waals surface area contributed by atoms with Gasteiger partial charge in [0.05, 0.1) is 12.8 Å². The number of amides is 1. The Hall–Kier alpha value is -3.75. The van der Waals surface area contributed by atoms with Crippen LogP contribution in [0.25, 0.3) is 11.8 Å². The molecule has 0 saturated heterocycles. The molecule has 1 amide bonds. The zero-order valence-electron chi connectivity index (χ0n) is 16.8. The van der Waals surface area contributed by atoms with Crippen molar-refractivity contribution in [3.05, 3.63) is 77.6 Å². The third-order valence-corrected chi connectivity index (χ3v) is 4.40. The zero-order chi connectivity index (χ0) is 22.4. The number of hydrogen-bond acceptors (Lipinski definition) is 4. The topological polar surface area (TPSA) is 65.4 Å². The van der Waals surface area contributed by atoms with Crippen molar-refractivity contribution in [1.29, 1.82) is 0 Å². The number of aromatic nitrogens is 2. The van der Waals surface area contributed by atoms with E-state index >= 15 is 0 Å². The van der Waals surface area contributed by atoms with E-state index in [2.05, 4.69) is 15.0 Å². The monoisotopic (exact) mass is 431 g/mol. The standard InChI is InChI=1S/C22H20F3N3O3/c1-14-26-9-10-28(14)18-6-3-16(11-17(18)23)13-27-21(29)8-5-15-4-7-19(31-22(24)25)20(12-15)30-2/h3-12,22H,13H2,1-2H3,(H,27,29)/b8-5+. The normalized spacial score (nSPS) is 11.2. The second-order valence-electron chi connectivity index (χ2n) is 6.47. The van der Waals surface area contributed by atoms with E-state index < -0.39 is 18.3 Å². The number of rotatable bonds is 8. The summed E-state index contributed by atoms with van der Waals surface area (Å²) >= 11 is 0. The van der Waals surface area contributed by atoms with E-state index in [9.17, 15) is 18.0 Å². The number of methoxy groups -OCH3 is 1. The van der Waals surface area contributed by atoms with Crippen LogP contribution in [0.1, 0.15) is 17.0 Å². The van der Waals surface area contributed by atoms with E-state index in [0.29, 0.717) is 22.6 Å². The van der Waals surface area contributed by atoms with E-state index in [4.69, 9.17) is 4.74 Å². The average molecular weight is 431 g/mol. The van der Waals surface area contributed by atoms with Gasteiger partial charge in [-0.05, 0) is 48.4 Å². The third-order valence-electron chi connectivity index (χ3n) is 4.40. The van der Waals surface area contributed by atoms with E-state index in [1.54, 1.807) is 36.0 Å². The van der Waals surface area contributed by atoms with Crippen molar-refractivity contribution in [3.8, 4) is 17.2 Å². The Morgan fingerprint density at radius 1 is 1.23 bits per heavy atom. The molecule has 0 aliphatic rings. The summed E-state index contributed by atoms with van der Waals surface area (Å²) in [5.41, 5.74) is 1.52. The molecule has 0 fully saturated rings. The van der Waals surface area contributed by atoms with Gasteiger partial charge in [0.25, 0.3) is 0 Å². The summed E-state index contributed by atoms with van der Waals surface area (Å²) in [5.74, 6) is -0.152. The van der Waals surface area contributed by atoms with Crippen LogP contribution in [0.3, 0.4) is 0 Å². The number of benzene rings is 2. The summed E-state index contributed by atoms with van der Waals surface area (Å²) in [4.78, 5) is 16.2. The first kappa shape index (κ1) is 21.9. The Kier molecular flexibility index (Phi) is 6.96. The lowest BCUT2D eigenvalue weighted by atomic mass is 10.1. The minimum absolute atomic E-state index is 0.101. The van der Waals surface area contributed by atoms with Gasteiger partial charge < -0.3 is 19.4 Å². The summed E-state index contributed by atoms with van der Waals surface area (Å²) in [6.45, 7) is -1.06. The van der Waals surface area contributed by atoms with E-state index in [1.165, 1.54) is 43.5 Å². The van der Waals surface area contributed by atoms with Crippen molar-refractivity contribution in [2.24, 2.45) is 0 Å². The highest BCUT2D eigenvalue weighted by molar-refractivity contribution is 5.91. The van der Waals surface area contributed by atoms with E-state index in [-0.39, 0.29) is 18.0 Å². The summed E-state index contributed by atoms with van der Waals surface area (Å²) in [7, 11) is 1.33. The number of ether oxygens (including phenoxy) is 2. The maximum Gasteiger partial charge on any atom is 0.387 e. The third kappa shape index (κ3) is 5.65. The van der Waals surface area contributed by atoms with Crippen LogP contribution < -0.4 is 14.8 Å². The van der Waals surface area contributed by atoms with Crippen LogP contribution in [0.5, 0.6) is 11.5 Å². The molecule has 0 bridgehead atoms. The van der Waals surface area contributed by atoms with Gasteiger partial charge in [0.1, 0.15) is 11.6 Å². The van der Waals surface area contributed by atoms with Crippen LogP contribution in [0, 0.1) is 12.7 Å². The summed E-state index contributed by atoms with van der Waals surface area (Å²) < 4.78 is 50.2. The Labute approximate surface area is 176 Å². The van der Waals surface area contributed by atoms with Gasteiger partial charge in [0.2, 0.25) is 5.91 Å². The Morgan fingerprint density at radius 3 is 2.68 bits per heavy atom. The Bertz CT molecular complexity index is 1100. The molecule has 0 saturated carbocycles. The summed E-state index contributed by atoms with van der Waals surface area (Å²) in [6, 6.07) is 9.00. The fraction of sp³-hybridized carbons (Fsp3) is 0.182. The second-order valence-corrected chi connectivity index (χ2v) is 6.47. The van der Waals surface area contributed by atoms with Crippen molar-refractivity contribution < 1.29 is 27.4 Å². The molecule has 0 unspecified atom stereocenters. The largest absolute Gasteiger partial charge is 0.493 e. The van der Waals surface area contributed by atoms with Crippen molar-refractivity contribution in [2.45, 2.75) is 20.1 Å². The smallest absolute Gasteiger partial charge is 0.387 e. The molecule has 9 heteroatoms. The minimum atomic E-state index is -2.97. The molecule has 2 aromatic carbocycles. The zero-order valence-corrected chi connectivity index (χ0v) is 16.8. The van der Waals surface area contributed by atoms with Crippen LogP contribution in [0.2, 0.25) is 0 Å². The van der Waals surface area contributed by atoms with Gasteiger partial charge in [-0.2, -0.15) is 8.78 Å². The molecule has 3 aromatic rings. The first-order valence-electron chi connectivity index (χ1n) is 9.25. The number of halogens is 3. The van der Waals surface area contributed by atoms with E-state index in [1.807, 2.05) is 0 Å². The first-order chi connectivity index (χ1) is 14.9. The molecule has 1 aromatic heterocycles. The maximum atomic E-state index is 14.4. The minimum Gasteiger partial charge on any atom is -0.493 e. The van der Waals surface area contributed by atoms with Crippen LogP contribution >= 0.6 is 0 Å². The number of carbonyl (C=O) groups excluding carboxylic acids is 1. The van der Waals surface area contributed by atoms with Crippen molar-refractivity contribution in [2.75, 3.05) is 7.11 Å². The van der Waals surface area contributed by atoms with Gasteiger partial charge >= 0.3 is 6.61 Å². The van der Waals surface area contributed by atoms with E-state index in [0.717, 1.165) is 0 Å². The summed E-state index contributed by atoms with van der Waals surface area (Å²) in [6.07, 6.45) is 6.03. The molecule has 6 nitrogen and oxygen atoms in total. The van der Waals surface area contributed by atoms with Gasteiger partial charge in [0, 0.05) is 25.0 Å². The van der Waals surface area contributed by atoms with Gasteiger partial charge in [-0.15, -0.1) is 0 Å². The number of imidazole rings is 1. The highest BCUT2D eigenvalue weighted by Crippen LogP contribution is 2.29. The first-order valence-corrected chi connectivity index (χ1v) is 9.25. The molecule has 31 heavy (non-hydrogen) atoms. The van der Waals surface area contributed by atoms with Crippen LogP contribution in [-0.4, -0.2) is 29.2 Å². The SMILES string of the molecule is COc1cc(/C=C/C(=O)NCc2ccc(-n3ccnc3C)c(F)c2)ccc1OC(F)F. The Balaban J connectivity index is 1.60. The van der Waals surface area contributed by atoms with Crippen LogP contribution in [0.4, 0.5) is 13.2 Å². The van der Waals surface area contributed by atoms with Gasteiger partial charge in [-0.3, -0.25) is 4.79 Å². The molecule has 0 atom stereocenters. The Morgan fingerprint density at radius 2 is 2.03 bits per heavy atom. The van der Waals surface area contributed by atoms with Crippen LogP contribution in [-0.2, 0) is 11.3 Å².